The molecule has 100 valence electrons. The molecule has 1 atom stereocenters. The topological polar surface area (TPSA) is 18.5 Å². The van der Waals surface area contributed by atoms with Gasteiger partial charge in [0.1, 0.15) is 0 Å². The van der Waals surface area contributed by atoms with Crippen molar-refractivity contribution in [1.82, 2.24) is 15.1 Å². The van der Waals surface area contributed by atoms with E-state index in [-0.39, 0.29) is 0 Å². The predicted molar refractivity (Wildman–Crippen MR) is 73.3 cm³/mol. The van der Waals surface area contributed by atoms with Crippen molar-refractivity contribution in [2.45, 2.75) is 45.7 Å². The zero-order valence-electron chi connectivity index (χ0n) is 11.8. The second-order valence-corrected chi connectivity index (χ2v) is 6.28. The SMILES string of the molecule is CC(C)CN1CCC(N2CCNC(C)C2)CC1. The molecule has 0 aromatic carbocycles. The average molecular weight is 239 g/mol. The van der Waals surface area contributed by atoms with Crippen LogP contribution in [-0.4, -0.2) is 61.2 Å². The molecule has 0 aromatic rings. The number of piperidine rings is 1. The van der Waals surface area contributed by atoms with Crippen LogP contribution < -0.4 is 5.32 Å². The molecule has 2 aliphatic rings. The van der Waals surface area contributed by atoms with E-state index < -0.39 is 0 Å². The number of nitrogens with one attached hydrogen (secondary N) is 1. The summed E-state index contributed by atoms with van der Waals surface area (Å²) in [5.74, 6) is 0.811. The maximum Gasteiger partial charge on any atom is 0.0167 e. The van der Waals surface area contributed by atoms with Crippen molar-refractivity contribution in [3.05, 3.63) is 0 Å². The molecule has 0 saturated carbocycles. The molecule has 1 N–H and O–H groups in total. The summed E-state index contributed by atoms with van der Waals surface area (Å²) in [5, 5.41) is 3.53. The molecule has 3 heteroatoms. The van der Waals surface area contributed by atoms with E-state index in [4.69, 9.17) is 0 Å². The van der Waals surface area contributed by atoms with Gasteiger partial charge in [0.05, 0.1) is 0 Å². The van der Waals surface area contributed by atoms with Gasteiger partial charge < -0.3 is 10.2 Å². The third-order valence-electron chi connectivity index (χ3n) is 4.10. The number of rotatable bonds is 3. The summed E-state index contributed by atoms with van der Waals surface area (Å²) in [4.78, 5) is 5.36. The Labute approximate surface area is 107 Å². The normalized spacial score (nSPS) is 30.0. The molecule has 0 amide bonds. The molecule has 3 nitrogen and oxygen atoms in total. The fourth-order valence-electron chi connectivity index (χ4n) is 3.28. The van der Waals surface area contributed by atoms with E-state index in [0.717, 1.165) is 12.0 Å². The van der Waals surface area contributed by atoms with E-state index in [0.29, 0.717) is 6.04 Å². The molecule has 0 bridgehead atoms. The monoisotopic (exact) mass is 239 g/mol. The molecule has 1 unspecified atom stereocenters. The Kier molecular flexibility index (Phi) is 4.83. The van der Waals surface area contributed by atoms with E-state index in [1.165, 1.54) is 52.1 Å². The minimum atomic E-state index is 0.678. The molecule has 2 heterocycles. The molecule has 17 heavy (non-hydrogen) atoms. The lowest BCUT2D eigenvalue weighted by Crippen LogP contribution is -2.55. The highest BCUT2D eigenvalue weighted by Crippen LogP contribution is 2.18. The molecule has 2 fully saturated rings. The Hall–Kier alpha value is -0.120. The summed E-state index contributed by atoms with van der Waals surface area (Å²) in [6, 6.07) is 1.53. The first-order valence-electron chi connectivity index (χ1n) is 7.35. The minimum absolute atomic E-state index is 0.678. The maximum atomic E-state index is 3.53. The van der Waals surface area contributed by atoms with Gasteiger partial charge in [0.15, 0.2) is 0 Å². The van der Waals surface area contributed by atoms with Gasteiger partial charge >= 0.3 is 0 Å². The van der Waals surface area contributed by atoms with Crippen LogP contribution in [0.3, 0.4) is 0 Å². The van der Waals surface area contributed by atoms with Gasteiger partial charge in [0.25, 0.3) is 0 Å². The smallest absolute Gasteiger partial charge is 0.0167 e. The average Bonchev–Trinajstić information content (AvgIpc) is 2.29. The molecule has 0 spiro atoms. The molecule has 0 radical (unpaired) electrons. The van der Waals surface area contributed by atoms with Gasteiger partial charge in [-0.1, -0.05) is 13.8 Å². The molecule has 2 rings (SSSR count). The first-order valence-corrected chi connectivity index (χ1v) is 7.35. The first-order chi connectivity index (χ1) is 8.15. The fourth-order valence-corrected chi connectivity index (χ4v) is 3.28. The van der Waals surface area contributed by atoms with Gasteiger partial charge in [-0.25, -0.2) is 0 Å². The summed E-state index contributed by atoms with van der Waals surface area (Å²) in [5.41, 5.74) is 0. The van der Waals surface area contributed by atoms with Crippen LogP contribution in [0, 0.1) is 5.92 Å². The standard InChI is InChI=1S/C14H29N3/c1-12(2)10-16-7-4-14(5-8-16)17-9-6-15-13(3)11-17/h12-15H,4-11H2,1-3H3. The van der Waals surface area contributed by atoms with E-state index in [9.17, 15) is 0 Å². The maximum absolute atomic E-state index is 3.53. The summed E-state index contributed by atoms with van der Waals surface area (Å²) in [6.07, 6.45) is 2.75. The van der Waals surface area contributed by atoms with Crippen LogP contribution in [0.25, 0.3) is 0 Å². The van der Waals surface area contributed by atoms with Crippen LogP contribution in [0.5, 0.6) is 0 Å². The lowest BCUT2D eigenvalue weighted by atomic mass is 10.0. The van der Waals surface area contributed by atoms with Crippen molar-refractivity contribution < 1.29 is 0 Å². The summed E-state index contributed by atoms with van der Waals surface area (Å²) in [7, 11) is 0. The number of hydrogen-bond donors (Lipinski definition) is 1. The van der Waals surface area contributed by atoms with Crippen LogP contribution in [-0.2, 0) is 0 Å². The van der Waals surface area contributed by atoms with Gasteiger partial charge in [-0.3, -0.25) is 4.90 Å². The first kappa shape index (κ1) is 13.3. The quantitative estimate of drug-likeness (QED) is 0.803. The van der Waals surface area contributed by atoms with Crippen LogP contribution in [0.1, 0.15) is 33.6 Å². The molecule has 2 aliphatic heterocycles. The number of likely N-dealkylation sites (tertiary alicyclic amines) is 1. The van der Waals surface area contributed by atoms with E-state index in [1.807, 2.05) is 0 Å². The van der Waals surface area contributed by atoms with Gasteiger partial charge in [-0.15, -0.1) is 0 Å². The molecule has 0 aliphatic carbocycles. The zero-order valence-corrected chi connectivity index (χ0v) is 11.8. The number of piperazine rings is 1. The van der Waals surface area contributed by atoms with Crippen molar-refractivity contribution >= 4 is 0 Å². The van der Waals surface area contributed by atoms with Gasteiger partial charge in [0.2, 0.25) is 0 Å². The van der Waals surface area contributed by atoms with Gasteiger partial charge in [-0.05, 0) is 38.8 Å². The Balaban J connectivity index is 1.74. The third kappa shape index (κ3) is 3.94. The highest BCUT2D eigenvalue weighted by Gasteiger charge is 2.27. The predicted octanol–water partition coefficient (Wildman–Crippen LogP) is 1.40. The lowest BCUT2D eigenvalue weighted by molar-refractivity contribution is 0.0815. The van der Waals surface area contributed by atoms with E-state index >= 15 is 0 Å². The molecular formula is C14H29N3. The number of nitrogens with zero attached hydrogens (tertiary/aromatic N) is 2. The van der Waals surface area contributed by atoms with Crippen LogP contribution in [0.15, 0.2) is 0 Å². The Morgan fingerprint density at radius 3 is 2.47 bits per heavy atom. The number of hydrogen-bond acceptors (Lipinski definition) is 3. The van der Waals surface area contributed by atoms with Crippen molar-refractivity contribution in [1.29, 1.82) is 0 Å². The van der Waals surface area contributed by atoms with Gasteiger partial charge in [-0.2, -0.15) is 0 Å². The highest BCUT2D eigenvalue weighted by atomic mass is 15.2. The van der Waals surface area contributed by atoms with Crippen molar-refractivity contribution in [2.24, 2.45) is 5.92 Å². The minimum Gasteiger partial charge on any atom is -0.312 e. The van der Waals surface area contributed by atoms with Crippen molar-refractivity contribution in [3.63, 3.8) is 0 Å². The summed E-state index contributed by atoms with van der Waals surface area (Å²) < 4.78 is 0. The Bertz CT molecular complexity index is 222. The molecule has 0 aromatic heterocycles. The summed E-state index contributed by atoms with van der Waals surface area (Å²) in [6.45, 7) is 14.5. The molecular weight excluding hydrogens is 210 g/mol. The fraction of sp³-hybridized carbons (Fsp3) is 1.00. The second-order valence-electron chi connectivity index (χ2n) is 6.28. The summed E-state index contributed by atoms with van der Waals surface area (Å²) >= 11 is 0. The van der Waals surface area contributed by atoms with Crippen LogP contribution >= 0.6 is 0 Å². The van der Waals surface area contributed by atoms with E-state index in [2.05, 4.69) is 35.9 Å². The lowest BCUT2D eigenvalue weighted by Gasteiger charge is -2.42. The van der Waals surface area contributed by atoms with Crippen LogP contribution in [0.2, 0.25) is 0 Å². The second kappa shape index (κ2) is 6.17. The van der Waals surface area contributed by atoms with Crippen LogP contribution in [0.4, 0.5) is 0 Å². The van der Waals surface area contributed by atoms with Gasteiger partial charge in [0, 0.05) is 38.3 Å². The van der Waals surface area contributed by atoms with E-state index in [1.54, 1.807) is 0 Å². The van der Waals surface area contributed by atoms with Crippen molar-refractivity contribution in [2.75, 3.05) is 39.3 Å². The Morgan fingerprint density at radius 1 is 1.18 bits per heavy atom. The largest absolute Gasteiger partial charge is 0.312 e. The van der Waals surface area contributed by atoms with Crippen molar-refractivity contribution in [3.8, 4) is 0 Å². The zero-order chi connectivity index (χ0) is 12.3. The highest BCUT2D eigenvalue weighted by molar-refractivity contribution is 4.85. The Morgan fingerprint density at radius 2 is 1.88 bits per heavy atom. The molecule has 2 saturated heterocycles. The third-order valence-corrected chi connectivity index (χ3v) is 4.10.